The highest BCUT2D eigenvalue weighted by Gasteiger charge is 2.15. The van der Waals surface area contributed by atoms with E-state index in [4.69, 9.17) is 4.52 Å². The van der Waals surface area contributed by atoms with E-state index in [1.54, 1.807) is 4.52 Å². The molecule has 4 aromatic rings. The van der Waals surface area contributed by atoms with Gasteiger partial charge in [0.2, 0.25) is 10.8 Å². The van der Waals surface area contributed by atoms with Gasteiger partial charge in [0, 0.05) is 6.07 Å². The van der Waals surface area contributed by atoms with Gasteiger partial charge in [-0.05, 0) is 18.6 Å². The van der Waals surface area contributed by atoms with E-state index in [2.05, 4.69) is 20.5 Å². The molecule has 3 aromatic heterocycles. The molecule has 0 saturated heterocycles. The molecule has 6 nitrogen and oxygen atoms in total. The van der Waals surface area contributed by atoms with Crippen molar-refractivity contribution >= 4 is 28.4 Å². The molecule has 0 aliphatic rings. The van der Waals surface area contributed by atoms with Crippen molar-refractivity contribution in [2.75, 3.05) is 0 Å². The Morgan fingerprint density at radius 2 is 2.00 bits per heavy atom. The van der Waals surface area contributed by atoms with Crippen LogP contribution in [0.1, 0.15) is 16.3 Å². The molecule has 0 spiro atoms. The quantitative estimate of drug-likeness (QED) is 0.580. The lowest BCUT2D eigenvalue weighted by molar-refractivity contribution is 0.399. The van der Waals surface area contributed by atoms with Crippen LogP contribution in [0.5, 0.6) is 0 Å². The number of hydrogen-bond acceptors (Lipinski definition) is 6. The lowest BCUT2D eigenvalue weighted by atomic mass is 10.2. The van der Waals surface area contributed by atoms with E-state index in [0.717, 1.165) is 21.3 Å². The van der Waals surface area contributed by atoms with Crippen LogP contribution in [0.25, 0.3) is 28.6 Å². The summed E-state index contributed by atoms with van der Waals surface area (Å²) in [6.45, 7) is 1.84. The Balaban J connectivity index is 1.70. The van der Waals surface area contributed by atoms with Crippen LogP contribution in [0, 0.1) is 6.92 Å². The maximum atomic E-state index is 5.08. The zero-order valence-corrected chi connectivity index (χ0v) is 12.5. The first-order valence-corrected chi connectivity index (χ1v) is 7.50. The number of fused-ring (bicyclic) bond motifs is 1. The van der Waals surface area contributed by atoms with E-state index < -0.39 is 0 Å². The molecule has 0 radical (unpaired) electrons. The predicted molar refractivity (Wildman–Crippen MR) is 84.3 cm³/mol. The Morgan fingerprint density at radius 1 is 1.14 bits per heavy atom. The first-order valence-electron chi connectivity index (χ1n) is 6.69. The maximum Gasteiger partial charge on any atom is 0.235 e. The summed E-state index contributed by atoms with van der Waals surface area (Å²) in [6, 6.07) is 11.9. The van der Waals surface area contributed by atoms with Gasteiger partial charge in [0.1, 0.15) is 10.8 Å². The van der Waals surface area contributed by atoms with Gasteiger partial charge in [0.05, 0.1) is 0 Å². The summed E-state index contributed by atoms with van der Waals surface area (Å²) in [6.07, 6.45) is 3.98. The summed E-state index contributed by atoms with van der Waals surface area (Å²) in [5, 5.41) is 17.6. The van der Waals surface area contributed by atoms with Crippen molar-refractivity contribution in [3.63, 3.8) is 0 Å². The van der Waals surface area contributed by atoms with Gasteiger partial charge in [-0.15, -0.1) is 10.2 Å². The van der Waals surface area contributed by atoms with Gasteiger partial charge in [0.15, 0.2) is 5.69 Å². The minimum absolute atomic E-state index is 0.586. The third-order valence-electron chi connectivity index (χ3n) is 3.08. The summed E-state index contributed by atoms with van der Waals surface area (Å²) in [5.74, 6) is 1.31. The molecule has 0 aliphatic heterocycles. The van der Waals surface area contributed by atoms with Crippen LogP contribution in [-0.4, -0.2) is 25.0 Å². The fourth-order valence-corrected chi connectivity index (χ4v) is 2.80. The smallest absolute Gasteiger partial charge is 0.235 e. The molecule has 108 valence electrons. The predicted octanol–water partition coefficient (Wildman–Crippen LogP) is 3.32. The highest BCUT2D eigenvalue weighted by Crippen LogP contribution is 2.22. The summed E-state index contributed by atoms with van der Waals surface area (Å²) in [7, 11) is 0. The summed E-state index contributed by atoms with van der Waals surface area (Å²) in [4.78, 5) is 0.725. The van der Waals surface area contributed by atoms with Gasteiger partial charge in [-0.25, -0.2) is 0 Å². The van der Waals surface area contributed by atoms with E-state index in [9.17, 15) is 0 Å². The molecule has 0 atom stereocenters. The van der Waals surface area contributed by atoms with E-state index in [1.807, 2.05) is 55.5 Å². The standard InChI is InChI=1S/C15H11N5OS/c1-10-9-12(19-21-10)14-16-17-15-20(14)18-13(22-15)8-7-11-5-3-2-4-6-11/h2-9H,1H3. The van der Waals surface area contributed by atoms with Crippen molar-refractivity contribution in [3.8, 4) is 11.5 Å². The Labute approximate surface area is 129 Å². The molecule has 3 heterocycles. The van der Waals surface area contributed by atoms with E-state index in [-0.39, 0.29) is 0 Å². The first-order chi connectivity index (χ1) is 10.8. The third kappa shape index (κ3) is 2.31. The van der Waals surface area contributed by atoms with Crippen LogP contribution >= 0.6 is 11.3 Å². The minimum Gasteiger partial charge on any atom is -0.361 e. The van der Waals surface area contributed by atoms with Gasteiger partial charge in [-0.2, -0.15) is 9.61 Å². The lowest BCUT2D eigenvalue weighted by Gasteiger charge is -1.90. The van der Waals surface area contributed by atoms with Crippen LogP contribution < -0.4 is 0 Å². The van der Waals surface area contributed by atoms with Gasteiger partial charge in [-0.1, -0.05) is 52.9 Å². The van der Waals surface area contributed by atoms with Gasteiger partial charge < -0.3 is 4.52 Å². The summed E-state index contributed by atoms with van der Waals surface area (Å²) >= 11 is 1.47. The van der Waals surface area contributed by atoms with Crippen LogP contribution in [0.4, 0.5) is 0 Å². The molecule has 0 saturated carbocycles. The average Bonchev–Trinajstić information content (AvgIpc) is 3.21. The molecular weight excluding hydrogens is 298 g/mol. The molecule has 0 fully saturated rings. The lowest BCUT2D eigenvalue weighted by Crippen LogP contribution is -1.90. The summed E-state index contributed by atoms with van der Waals surface area (Å²) < 4.78 is 6.77. The highest BCUT2D eigenvalue weighted by atomic mass is 32.1. The minimum atomic E-state index is 0.586. The molecule has 0 amide bonds. The second-order valence-electron chi connectivity index (χ2n) is 4.73. The molecule has 4 rings (SSSR count). The van der Waals surface area contributed by atoms with E-state index in [0.29, 0.717) is 11.5 Å². The normalized spacial score (nSPS) is 11.7. The van der Waals surface area contributed by atoms with E-state index >= 15 is 0 Å². The zero-order chi connectivity index (χ0) is 14.9. The molecular formula is C15H11N5OS. The fourth-order valence-electron chi connectivity index (χ4n) is 2.06. The van der Waals surface area contributed by atoms with Gasteiger partial charge >= 0.3 is 0 Å². The van der Waals surface area contributed by atoms with Crippen molar-refractivity contribution in [1.29, 1.82) is 0 Å². The first kappa shape index (κ1) is 12.9. The van der Waals surface area contributed by atoms with Crippen LogP contribution in [-0.2, 0) is 0 Å². The van der Waals surface area contributed by atoms with Gasteiger partial charge in [-0.3, -0.25) is 0 Å². The highest BCUT2D eigenvalue weighted by molar-refractivity contribution is 7.17. The molecule has 0 aliphatic carbocycles. The maximum absolute atomic E-state index is 5.08. The second-order valence-corrected chi connectivity index (χ2v) is 5.71. The van der Waals surface area contributed by atoms with Crippen molar-refractivity contribution in [1.82, 2.24) is 25.0 Å². The fraction of sp³-hybridized carbons (Fsp3) is 0.0667. The molecule has 7 heteroatoms. The number of nitrogens with zero attached hydrogens (tertiary/aromatic N) is 5. The number of rotatable bonds is 3. The van der Waals surface area contributed by atoms with Crippen LogP contribution in [0.2, 0.25) is 0 Å². The Hall–Kier alpha value is -2.80. The molecule has 0 unspecified atom stereocenters. The zero-order valence-electron chi connectivity index (χ0n) is 11.7. The molecule has 0 N–H and O–H groups in total. The number of aromatic nitrogens is 5. The number of benzene rings is 1. The topological polar surface area (TPSA) is 69.1 Å². The average molecular weight is 309 g/mol. The largest absolute Gasteiger partial charge is 0.361 e. The third-order valence-corrected chi connectivity index (χ3v) is 3.95. The van der Waals surface area contributed by atoms with Crippen LogP contribution in [0.3, 0.4) is 0 Å². The van der Waals surface area contributed by atoms with Gasteiger partial charge in [0.25, 0.3) is 0 Å². The van der Waals surface area contributed by atoms with Crippen molar-refractivity contribution in [2.45, 2.75) is 6.92 Å². The van der Waals surface area contributed by atoms with Crippen molar-refractivity contribution < 1.29 is 4.52 Å². The number of aryl methyl sites for hydroxylation is 1. The second kappa shape index (κ2) is 5.19. The Kier molecular flexibility index (Phi) is 3.05. The summed E-state index contributed by atoms with van der Waals surface area (Å²) in [5.41, 5.74) is 1.76. The monoisotopic (exact) mass is 309 g/mol. The Morgan fingerprint density at radius 3 is 2.77 bits per heavy atom. The Bertz CT molecular complexity index is 951. The SMILES string of the molecule is Cc1cc(-c2nnc3sc(C=Cc4ccccc4)nn23)no1. The van der Waals surface area contributed by atoms with Crippen LogP contribution in [0.15, 0.2) is 40.9 Å². The number of hydrogen-bond donors (Lipinski definition) is 0. The van der Waals surface area contributed by atoms with E-state index in [1.165, 1.54) is 11.3 Å². The molecule has 1 aromatic carbocycles. The van der Waals surface area contributed by atoms with Crippen molar-refractivity contribution in [2.24, 2.45) is 0 Å². The molecule has 0 bridgehead atoms. The van der Waals surface area contributed by atoms with Crippen molar-refractivity contribution in [3.05, 3.63) is 52.7 Å². The molecule has 22 heavy (non-hydrogen) atoms.